The van der Waals surface area contributed by atoms with E-state index in [0.29, 0.717) is 24.9 Å². The number of methoxy groups -OCH3 is 1. The maximum atomic E-state index is 14.1. The number of fused-ring (bicyclic) bond motifs is 5. The van der Waals surface area contributed by atoms with E-state index in [4.69, 9.17) is 4.74 Å². The number of aliphatic hydroxyl groups is 2. The number of nitrogens with zero attached hydrogens (tertiary/aromatic N) is 2. The Bertz CT molecular complexity index is 1030. The van der Waals surface area contributed by atoms with Crippen LogP contribution in [0.15, 0.2) is 29.0 Å². The first-order chi connectivity index (χ1) is 15.2. The SMILES string of the molecule is [2H][C@@]12C[C@H](/C(=C\OC)C(=O)CO)[C@H](CC)CN1CC[C@@]1(O)C2=Nc2cc(F)cc(C=O)c21. The normalized spacial score (nSPS) is 33.0. The molecule has 0 bridgehead atoms. The molecule has 2 saturated heterocycles. The molecule has 3 heterocycles. The van der Waals surface area contributed by atoms with Crippen LogP contribution in [0.25, 0.3) is 0 Å². The number of Topliss-reactive ketones (excluding diaryl/α,β-unsaturated/α-hetero) is 1. The van der Waals surface area contributed by atoms with E-state index in [9.17, 15) is 25.6 Å². The lowest BCUT2D eigenvalue weighted by atomic mass is 9.69. The Morgan fingerprint density at radius 2 is 2.29 bits per heavy atom. The number of ketones is 1. The number of ether oxygens (including phenoxy) is 1. The van der Waals surface area contributed by atoms with Crippen LogP contribution in [-0.4, -0.2) is 65.7 Å². The molecule has 1 aromatic carbocycles. The lowest BCUT2D eigenvalue weighted by Gasteiger charge is -2.50. The van der Waals surface area contributed by atoms with Crippen molar-refractivity contribution in [1.82, 2.24) is 4.90 Å². The van der Waals surface area contributed by atoms with Crippen LogP contribution in [0.4, 0.5) is 10.1 Å². The number of aliphatic imine (C=N–C) groups is 1. The molecule has 8 heteroatoms. The molecule has 166 valence electrons. The highest BCUT2D eigenvalue weighted by Gasteiger charge is 2.54. The van der Waals surface area contributed by atoms with E-state index in [1.54, 1.807) is 0 Å². The van der Waals surface area contributed by atoms with Gasteiger partial charge in [-0.05, 0) is 36.8 Å². The fraction of sp³-hybridized carbons (Fsp3) is 0.522. The van der Waals surface area contributed by atoms with E-state index in [1.807, 2.05) is 11.8 Å². The molecule has 3 aliphatic heterocycles. The van der Waals surface area contributed by atoms with E-state index < -0.39 is 35.7 Å². The number of carbonyl (C=O) groups is 2. The van der Waals surface area contributed by atoms with Gasteiger partial charge in [0.15, 0.2) is 12.1 Å². The van der Waals surface area contributed by atoms with Gasteiger partial charge in [-0.2, -0.15) is 0 Å². The third-order valence-corrected chi connectivity index (χ3v) is 6.75. The maximum Gasteiger partial charge on any atom is 0.187 e. The second-order valence-electron chi connectivity index (χ2n) is 8.34. The average Bonchev–Trinajstić information content (AvgIpc) is 3.09. The summed E-state index contributed by atoms with van der Waals surface area (Å²) in [7, 11) is 1.42. The molecule has 0 radical (unpaired) electrons. The Kier molecular flexibility index (Phi) is 5.45. The quantitative estimate of drug-likeness (QED) is 0.407. The van der Waals surface area contributed by atoms with Gasteiger partial charge in [-0.1, -0.05) is 13.3 Å². The highest BCUT2D eigenvalue weighted by atomic mass is 19.1. The minimum Gasteiger partial charge on any atom is -0.504 e. The predicted molar refractivity (Wildman–Crippen MR) is 112 cm³/mol. The van der Waals surface area contributed by atoms with Gasteiger partial charge in [0, 0.05) is 29.8 Å². The zero-order chi connectivity index (χ0) is 23.3. The molecule has 0 aliphatic carbocycles. The van der Waals surface area contributed by atoms with Crippen molar-refractivity contribution < 1.29 is 30.3 Å². The minimum absolute atomic E-state index is 0.0209. The van der Waals surface area contributed by atoms with E-state index in [0.717, 1.165) is 12.5 Å². The Labute approximate surface area is 181 Å². The van der Waals surface area contributed by atoms with Crippen molar-refractivity contribution in [3.8, 4) is 0 Å². The highest BCUT2D eigenvalue weighted by Crippen LogP contribution is 2.49. The topological polar surface area (TPSA) is 99.4 Å². The van der Waals surface area contributed by atoms with Crippen molar-refractivity contribution in [2.75, 3.05) is 26.8 Å². The van der Waals surface area contributed by atoms with Crippen molar-refractivity contribution in [1.29, 1.82) is 0 Å². The van der Waals surface area contributed by atoms with Gasteiger partial charge in [0.05, 0.1) is 32.2 Å². The van der Waals surface area contributed by atoms with Crippen LogP contribution in [0.2, 0.25) is 0 Å². The summed E-state index contributed by atoms with van der Waals surface area (Å²) in [5.41, 5.74) is -0.791. The predicted octanol–water partition coefficient (Wildman–Crippen LogP) is 2.12. The largest absolute Gasteiger partial charge is 0.504 e. The summed E-state index contributed by atoms with van der Waals surface area (Å²) in [6.07, 6.45) is 2.93. The van der Waals surface area contributed by atoms with E-state index in [2.05, 4.69) is 4.99 Å². The van der Waals surface area contributed by atoms with Crippen molar-refractivity contribution in [3.63, 3.8) is 0 Å². The fourth-order valence-electron chi connectivity index (χ4n) is 5.27. The number of piperidine rings is 2. The lowest BCUT2D eigenvalue weighted by molar-refractivity contribution is -0.119. The monoisotopic (exact) mass is 431 g/mol. The minimum atomic E-state index is -1.66. The van der Waals surface area contributed by atoms with Crippen LogP contribution in [0, 0.1) is 17.7 Å². The van der Waals surface area contributed by atoms with Gasteiger partial charge in [0.2, 0.25) is 0 Å². The second kappa shape index (κ2) is 8.26. The second-order valence-corrected chi connectivity index (χ2v) is 8.34. The van der Waals surface area contributed by atoms with Crippen LogP contribution in [-0.2, 0) is 15.1 Å². The number of halogens is 1. The Balaban J connectivity index is 1.82. The summed E-state index contributed by atoms with van der Waals surface area (Å²) in [6, 6.07) is 0.767. The molecule has 0 unspecified atom stereocenters. The number of aliphatic hydroxyl groups excluding tert-OH is 1. The standard InChI is InChI=1S/C23H27FN2O5/c1-3-13-9-26-5-4-23(30)21-14(10-27)6-15(24)7-18(21)25-22(23)19(26)8-16(13)17(12-31-2)20(29)11-28/h6-7,10,12-13,16,19,28,30H,3-5,8-9,11H2,1-2H3/b17-12+/t13-,16+,19+,23+/m1/s1/i19D. The smallest absolute Gasteiger partial charge is 0.187 e. The molecule has 4 atom stereocenters. The average molecular weight is 431 g/mol. The molecular weight excluding hydrogens is 403 g/mol. The molecule has 3 aliphatic rings. The highest BCUT2D eigenvalue weighted by molar-refractivity contribution is 6.06. The van der Waals surface area contributed by atoms with Gasteiger partial charge < -0.3 is 14.9 Å². The first kappa shape index (κ1) is 20.5. The summed E-state index contributed by atoms with van der Waals surface area (Å²) in [6.45, 7) is 2.21. The van der Waals surface area contributed by atoms with E-state index >= 15 is 0 Å². The molecule has 31 heavy (non-hydrogen) atoms. The van der Waals surface area contributed by atoms with Crippen molar-refractivity contribution in [2.45, 2.75) is 37.8 Å². The fourth-order valence-corrected chi connectivity index (χ4v) is 5.27. The van der Waals surface area contributed by atoms with Crippen molar-refractivity contribution >= 4 is 23.5 Å². The van der Waals surface area contributed by atoms with Crippen LogP contribution in [0.3, 0.4) is 0 Å². The summed E-state index contributed by atoms with van der Waals surface area (Å²) in [5, 5.41) is 21.1. The summed E-state index contributed by atoms with van der Waals surface area (Å²) in [4.78, 5) is 30.5. The lowest BCUT2D eigenvalue weighted by Crippen LogP contribution is -2.60. The molecule has 0 aromatic heterocycles. The number of carbonyl (C=O) groups excluding carboxylic acids is 2. The molecule has 0 saturated carbocycles. The number of aldehydes is 1. The summed E-state index contributed by atoms with van der Waals surface area (Å²) < 4.78 is 28.6. The third kappa shape index (κ3) is 3.43. The first-order valence-corrected chi connectivity index (χ1v) is 10.5. The van der Waals surface area contributed by atoms with Crippen LogP contribution in [0.5, 0.6) is 0 Å². The zero-order valence-corrected chi connectivity index (χ0v) is 17.6. The number of benzene rings is 1. The third-order valence-electron chi connectivity index (χ3n) is 6.75. The molecule has 2 fully saturated rings. The maximum absolute atomic E-state index is 14.1. The van der Waals surface area contributed by atoms with Gasteiger partial charge in [0.1, 0.15) is 18.0 Å². The summed E-state index contributed by atoms with van der Waals surface area (Å²) >= 11 is 0. The molecule has 4 rings (SSSR count). The molecule has 2 N–H and O–H groups in total. The van der Waals surface area contributed by atoms with E-state index in [1.165, 1.54) is 19.4 Å². The van der Waals surface area contributed by atoms with Gasteiger partial charge in [0.25, 0.3) is 0 Å². The Morgan fingerprint density at radius 3 is 2.94 bits per heavy atom. The molecule has 0 amide bonds. The van der Waals surface area contributed by atoms with Crippen LogP contribution >= 0.6 is 0 Å². The van der Waals surface area contributed by atoms with Crippen molar-refractivity contribution in [2.24, 2.45) is 16.8 Å². The number of hydrogen-bond donors (Lipinski definition) is 2. The Hall–Kier alpha value is -2.42. The van der Waals surface area contributed by atoms with Crippen molar-refractivity contribution in [3.05, 3.63) is 40.9 Å². The molecule has 0 spiro atoms. The Morgan fingerprint density at radius 1 is 1.52 bits per heavy atom. The number of rotatable bonds is 6. The van der Waals surface area contributed by atoms with Crippen LogP contribution in [0.1, 0.15) is 43.5 Å². The molecule has 1 aromatic rings. The van der Waals surface area contributed by atoms with Gasteiger partial charge in [-0.15, -0.1) is 0 Å². The van der Waals surface area contributed by atoms with Gasteiger partial charge >= 0.3 is 0 Å². The zero-order valence-electron chi connectivity index (χ0n) is 18.6. The number of hydrogen-bond acceptors (Lipinski definition) is 7. The van der Waals surface area contributed by atoms with E-state index in [-0.39, 0.29) is 41.3 Å². The van der Waals surface area contributed by atoms with Gasteiger partial charge in [-0.3, -0.25) is 19.5 Å². The van der Waals surface area contributed by atoms with Gasteiger partial charge in [-0.25, -0.2) is 4.39 Å². The molecular formula is C23H27FN2O5. The molecule has 7 nitrogen and oxygen atoms in total. The first-order valence-electron chi connectivity index (χ1n) is 11.0. The van der Waals surface area contributed by atoms with Crippen LogP contribution < -0.4 is 0 Å². The summed E-state index contributed by atoms with van der Waals surface area (Å²) in [5.74, 6) is -1.48.